The van der Waals surface area contributed by atoms with Gasteiger partial charge in [0.2, 0.25) is 0 Å². The Morgan fingerprint density at radius 1 is 0.511 bits per heavy atom. The highest BCUT2D eigenvalue weighted by Gasteiger charge is 2.56. The molecule has 242 valence electrons. The van der Waals surface area contributed by atoms with Crippen molar-refractivity contribution < 1.29 is 4.11 Å². The molecule has 0 atom stereocenters. The number of nitrogens with zero attached hydrogens (tertiary/aromatic N) is 4. The number of aromatic nitrogens is 4. The summed E-state index contributed by atoms with van der Waals surface area (Å²) in [5.74, 6) is 1.63. The van der Waals surface area contributed by atoms with Gasteiger partial charge in [-0.1, -0.05) is 144 Å². The smallest absolute Gasteiger partial charge is 0.165 e. The highest BCUT2D eigenvalue weighted by atomic mass is 15.0. The van der Waals surface area contributed by atoms with E-state index < -0.39 is 0 Å². The zero-order chi connectivity index (χ0) is 36.8. The Morgan fingerprint density at radius 3 is 1.36 bits per heavy atom. The van der Waals surface area contributed by atoms with Crippen LogP contribution in [0.2, 0.25) is 0 Å². The second-order valence-electron chi connectivity index (χ2n) is 16.8. The largest absolute Gasteiger partial charge is 0.255 e. The third-order valence-corrected chi connectivity index (χ3v) is 11.1. The molecule has 4 heteroatoms. The predicted molar refractivity (Wildman–Crippen MR) is 197 cm³/mol. The van der Waals surface area contributed by atoms with Crippen molar-refractivity contribution in [1.29, 1.82) is 0 Å². The molecule has 0 radical (unpaired) electrons. The zero-order valence-electron chi connectivity index (χ0n) is 33.1. The molecule has 2 aromatic heterocycles. The summed E-state index contributed by atoms with van der Waals surface area (Å²) < 4.78 is 27.6. The van der Waals surface area contributed by atoms with Crippen LogP contribution in [0.3, 0.4) is 0 Å². The van der Waals surface area contributed by atoms with Gasteiger partial charge < -0.3 is 0 Å². The van der Waals surface area contributed by atoms with Crippen molar-refractivity contribution in [2.75, 3.05) is 0 Å². The minimum atomic E-state index is -0.380. The maximum Gasteiger partial charge on any atom is 0.165 e. The quantitative estimate of drug-likeness (QED) is 0.199. The number of hydrogen-bond donors (Lipinski definition) is 0. The van der Waals surface area contributed by atoms with Gasteiger partial charge in [0.25, 0.3) is 0 Å². The van der Waals surface area contributed by atoms with Crippen molar-refractivity contribution in [1.82, 2.24) is 19.9 Å². The van der Waals surface area contributed by atoms with Crippen molar-refractivity contribution >= 4 is 0 Å². The van der Waals surface area contributed by atoms with Crippen molar-refractivity contribution in [3.8, 4) is 45.4 Å². The fourth-order valence-electron chi connectivity index (χ4n) is 6.55. The monoisotopic (exact) mass is 625 g/mol. The summed E-state index contributed by atoms with van der Waals surface area (Å²) in [6, 6.07) is 21.0. The Balaban J connectivity index is 1.47. The first-order valence-corrected chi connectivity index (χ1v) is 16.7. The maximum atomic E-state index is 9.41. The minimum Gasteiger partial charge on any atom is -0.255 e. The third kappa shape index (κ3) is 5.60. The molecule has 1 aliphatic carbocycles. The van der Waals surface area contributed by atoms with E-state index in [1.807, 2.05) is 12.1 Å². The third-order valence-electron chi connectivity index (χ3n) is 11.1. The molecule has 3 aromatic carbocycles. The van der Waals surface area contributed by atoms with Crippen LogP contribution in [-0.2, 0) is 21.7 Å². The topological polar surface area (TPSA) is 51.6 Å². The molecular weight excluding hydrogens is 573 g/mol. The lowest BCUT2D eigenvalue weighted by molar-refractivity contribution is 0.125. The molecule has 0 spiro atoms. The Kier molecular flexibility index (Phi) is 6.75. The Bertz CT molecular complexity index is 2020. The molecule has 5 aromatic rings. The number of rotatable bonds is 4. The molecule has 0 aliphatic heterocycles. The van der Waals surface area contributed by atoms with E-state index >= 15 is 0 Å². The van der Waals surface area contributed by atoms with Crippen molar-refractivity contribution in [3.63, 3.8) is 0 Å². The first kappa shape index (κ1) is 29.0. The number of fused-ring (bicyclic) bond motifs is 1. The van der Waals surface area contributed by atoms with Crippen LogP contribution < -0.4 is 0 Å². The van der Waals surface area contributed by atoms with E-state index in [9.17, 15) is 1.37 Å². The molecular formula is C43H50N4. The number of pyridine rings is 1. The molecule has 0 saturated carbocycles. The Hall–Kier alpha value is -4.18. The van der Waals surface area contributed by atoms with E-state index in [0.717, 1.165) is 22.3 Å². The van der Waals surface area contributed by atoms with Crippen LogP contribution in [0.1, 0.15) is 109 Å². The van der Waals surface area contributed by atoms with E-state index in [-0.39, 0.29) is 45.2 Å². The predicted octanol–water partition coefficient (Wildman–Crippen LogP) is 11.1. The lowest BCUT2D eigenvalue weighted by Gasteiger charge is -2.44. The summed E-state index contributed by atoms with van der Waals surface area (Å²) in [6.07, 6.45) is 1.71. The van der Waals surface area contributed by atoms with Crippen LogP contribution in [0.25, 0.3) is 45.4 Å². The van der Waals surface area contributed by atoms with Gasteiger partial charge in [-0.3, -0.25) is 4.98 Å². The molecule has 0 amide bonds. The van der Waals surface area contributed by atoms with Gasteiger partial charge in [-0.25, -0.2) is 15.0 Å². The van der Waals surface area contributed by atoms with Crippen LogP contribution in [0.4, 0.5) is 0 Å². The first-order valence-electron chi connectivity index (χ1n) is 18.2. The molecule has 0 fully saturated rings. The molecule has 0 N–H and O–H groups in total. The molecule has 0 unspecified atom stereocenters. The first-order chi connectivity index (χ1) is 23.1. The standard InChI is InChI=1S/C43H50N4/c1-39(2,3)31-19-13-27(14-20-31)36-45-37(28-15-21-32(22-16-28)40(4,5)6)47-38(46-36)30-18-24-35(44-26-30)29-17-23-33-34(25-29)42(9,10)43(11,12)41(33,7)8/h13-26H,1-12H3/i17D,23D,25D. The van der Waals surface area contributed by atoms with Gasteiger partial charge in [-0.05, 0) is 67.5 Å². The Morgan fingerprint density at radius 2 is 0.936 bits per heavy atom. The zero-order valence-corrected chi connectivity index (χ0v) is 30.1. The molecule has 6 rings (SSSR count). The van der Waals surface area contributed by atoms with Crippen LogP contribution in [0.15, 0.2) is 85.0 Å². The summed E-state index contributed by atoms with van der Waals surface area (Å²) in [5.41, 5.74) is 6.53. The highest BCUT2D eigenvalue weighted by molar-refractivity contribution is 5.69. The summed E-state index contributed by atoms with van der Waals surface area (Å²) >= 11 is 0. The van der Waals surface area contributed by atoms with Gasteiger partial charge in [-0.15, -0.1) is 0 Å². The van der Waals surface area contributed by atoms with Crippen LogP contribution in [0.5, 0.6) is 0 Å². The number of hydrogen-bond acceptors (Lipinski definition) is 4. The SMILES string of the molecule is [2H]c1c([2H])c2c(c([2H])c1-c1ccc(-c3nc(-c4ccc(C(C)(C)C)cc4)nc(-c4ccc(C(C)(C)C)cc4)n3)cn1)C(C)(C)C(C)(C)C2(C)C. The van der Waals surface area contributed by atoms with Crippen LogP contribution in [0, 0.1) is 5.41 Å². The van der Waals surface area contributed by atoms with Crippen molar-refractivity contribution in [3.05, 3.63) is 107 Å². The minimum absolute atomic E-state index is 0.0235. The molecule has 1 aliphatic rings. The van der Waals surface area contributed by atoms with Crippen molar-refractivity contribution in [2.24, 2.45) is 5.41 Å². The second-order valence-corrected chi connectivity index (χ2v) is 16.8. The van der Waals surface area contributed by atoms with E-state index in [2.05, 4.69) is 132 Å². The maximum absolute atomic E-state index is 9.41. The summed E-state index contributed by atoms with van der Waals surface area (Å²) in [7, 11) is 0. The van der Waals surface area contributed by atoms with Gasteiger partial charge in [0.1, 0.15) is 0 Å². The van der Waals surface area contributed by atoms with Crippen LogP contribution in [-0.4, -0.2) is 19.9 Å². The van der Waals surface area contributed by atoms with Gasteiger partial charge in [-0.2, -0.15) is 0 Å². The summed E-state index contributed by atoms with van der Waals surface area (Å²) in [4.78, 5) is 19.6. The van der Waals surface area contributed by atoms with Crippen LogP contribution >= 0.6 is 0 Å². The lowest BCUT2D eigenvalue weighted by atomic mass is 9.59. The van der Waals surface area contributed by atoms with Crippen molar-refractivity contribution in [2.45, 2.75) is 105 Å². The normalized spacial score (nSPS) is 17.5. The van der Waals surface area contributed by atoms with Gasteiger partial charge >= 0.3 is 0 Å². The van der Waals surface area contributed by atoms with E-state index in [1.165, 1.54) is 11.1 Å². The number of benzene rings is 3. The van der Waals surface area contributed by atoms with Gasteiger partial charge in [0, 0.05) is 28.5 Å². The fraction of sp³-hybridized carbons (Fsp3) is 0.395. The fourth-order valence-corrected chi connectivity index (χ4v) is 6.55. The molecule has 0 bridgehead atoms. The van der Waals surface area contributed by atoms with E-state index in [1.54, 1.807) is 6.20 Å². The van der Waals surface area contributed by atoms with Gasteiger partial charge in [0.05, 0.1) is 9.81 Å². The van der Waals surface area contributed by atoms with E-state index in [0.29, 0.717) is 34.3 Å². The Labute approximate surface area is 286 Å². The lowest BCUT2D eigenvalue weighted by Crippen LogP contribution is -2.42. The average molecular weight is 626 g/mol. The van der Waals surface area contributed by atoms with E-state index in [4.69, 9.17) is 22.7 Å². The second kappa shape index (κ2) is 10.9. The average Bonchev–Trinajstić information content (AvgIpc) is 3.16. The summed E-state index contributed by atoms with van der Waals surface area (Å²) in [6.45, 7) is 26.2. The molecule has 2 heterocycles. The molecule has 0 saturated heterocycles. The molecule has 47 heavy (non-hydrogen) atoms. The highest BCUT2D eigenvalue weighted by Crippen LogP contribution is 2.61. The molecule has 4 nitrogen and oxygen atoms in total. The van der Waals surface area contributed by atoms with Gasteiger partial charge in [0.15, 0.2) is 17.5 Å². The summed E-state index contributed by atoms with van der Waals surface area (Å²) in [5, 5.41) is 0.